The van der Waals surface area contributed by atoms with Crippen LogP contribution in [-0.4, -0.2) is 24.9 Å². The van der Waals surface area contributed by atoms with Gasteiger partial charge < -0.3 is 15.4 Å². The van der Waals surface area contributed by atoms with Gasteiger partial charge in [0, 0.05) is 17.8 Å². The highest BCUT2D eigenvalue weighted by Crippen LogP contribution is 2.27. The van der Waals surface area contributed by atoms with Gasteiger partial charge in [-0.15, -0.1) is 0 Å². The van der Waals surface area contributed by atoms with Crippen molar-refractivity contribution in [2.45, 2.75) is 19.8 Å². The number of rotatable bonds is 4. The average Bonchev–Trinajstić information content (AvgIpc) is 2.52. The van der Waals surface area contributed by atoms with E-state index in [2.05, 4.69) is 10.6 Å². The Morgan fingerprint density at radius 3 is 2.67 bits per heavy atom. The van der Waals surface area contributed by atoms with Crippen LogP contribution in [0.1, 0.15) is 19.8 Å². The number of hydrogen-bond acceptors (Lipinski definition) is 4. The van der Waals surface area contributed by atoms with E-state index in [1.165, 1.54) is 13.2 Å². The summed E-state index contributed by atoms with van der Waals surface area (Å²) in [6, 6.07) is 4.69. The lowest BCUT2D eigenvalue weighted by Crippen LogP contribution is -2.38. The van der Waals surface area contributed by atoms with Crippen molar-refractivity contribution in [3.63, 3.8) is 0 Å². The molecule has 1 atom stereocenters. The third-order valence-electron chi connectivity index (χ3n) is 3.65. The van der Waals surface area contributed by atoms with Gasteiger partial charge in [0.2, 0.25) is 11.8 Å². The molecule has 8 heteroatoms. The molecule has 1 aromatic rings. The lowest BCUT2D eigenvalue weighted by atomic mass is 9.90. The zero-order chi connectivity index (χ0) is 17.9. The molecule has 0 bridgehead atoms. The number of carbonyl (C=O) groups is 3. The number of anilines is 1. The molecule has 0 fully saturated rings. The largest absolute Gasteiger partial charge is 0.466 e. The first-order valence-corrected chi connectivity index (χ1v) is 7.91. The molecule has 0 aromatic heterocycles. The average molecular weight is 371 g/mol. The SMILES string of the molecule is COC(=O)C1=C(C)NC(=O)C(CC(=O)Nc2ccc(Cl)c(Cl)c2)C1. The predicted molar refractivity (Wildman–Crippen MR) is 90.7 cm³/mol. The lowest BCUT2D eigenvalue weighted by molar-refractivity contribution is -0.137. The number of halogens is 2. The lowest BCUT2D eigenvalue weighted by Gasteiger charge is -2.24. The zero-order valence-corrected chi connectivity index (χ0v) is 14.6. The highest BCUT2D eigenvalue weighted by molar-refractivity contribution is 6.42. The number of amides is 2. The second-order valence-electron chi connectivity index (χ2n) is 5.37. The van der Waals surface area contributed by atoms with Gasteiger partial charge in [0.15, 0.2) is 0 Å². The van der Waals surface area contributed by atoms with Gasteiger partial charge in [0.1, 0.15) is 0 Å². The van der Waals surface area contributed by atoms with Gasteiger partial charge in [-0.2, -0.15) is 0 Å². The molecular formula is C16H16Cl2N2O4. The normalized spacial score (nSPS) is 17.3. The molecule has 0 radical (unpaired) electrons. The minimum Gasteiger partial charge on any atom is -0.466 e. The molecule has 0 saturated heterocycles. The Labute approximate surface area is 149 Å². The highest BCUT2D eigenvalue weighted by Gasteiger charge is 2.31. The van der Waals surface area contributed by atoms with E-state index < -0.39 is 11.9 Å². The monoisotopic (exact) mass is 370 g/mol. The Balaban J connectivity index is 2.04. The van der Waals surface area contributed by atoms with Crippen molar-refractivity contribution < 1.29 is 19.1 Å². The van der Waals surface area contributed by atoms with Crippen LogP contribution in [0.5, 0.6) is 0 Å². The third-order valence-corrected chi connectivity index (χ3v) is 4.39. The van der Waals surface area contributed by atoms with E-state index in [4.69, 9.17) is 27.9 Å². The molecular weight excluding hydrogens is 355 g/mol. The van der Waals surface area contributed by atoms with Crippen molar-refractivity contribution in [3.8, 4) is 0 Å². The highest BCUT2D eigenvalue weighted by atomic mass is 35.5. The fourth-order valence-electron chi connectivity index (χ4n) is 2.39. The molecule has 2 N–H and O–H groups in total. The van der Waals surface area contributed by atoms with Crippen LogP contribution >= 0.6 is 23.2 Å². The van der Waals surface area contributed by atoms with Gasteiger partial charge in [-0.25, -0.2) is 4.79 Å². The van der Waals surface area contributed by atoms with Gasteiger partial charge in [-0.1, -0.05) is 23.2 Å². The molecule has 2 amide bonds. The number of esters is 1. The molecule has 1 aliphatic rings. The van der Waals surface area contributed by atoms with Crippen molar-refractivity contribution in [2.75, 3.05) is 12.4 Å². The molecule has 0 saturated carbocycles. The number of methoxy groups -OCH3 is 1. The summed E-state index contributed by atoms with van der Waals surface area (Å²) in [5.41, 5.74) is 1.29. The molecule has 0 spiro atoms. The van der Waals surface area contributed by atoms with Crippen molar-refractivity contribution in [1.82, 2.24) is 5.32 Å². The van der Waals surface area contributed by atoms with E-state index in [1.807, 2.05) is 0 Å². The topological polar surface area (TPSA) is 84.5 Å². The van der Waals surface area contributed by atoms with Crippen molar-refractivity contribution in [3.05, 3.63) is 39.5 Å². The first-order chi connectivity index (χ1) is 11.3. The molecule has 6 nitrogen and oxygen atoms in total. The van der Waals surface area contributed by atoms with Gasteiger partial charge in [-0.3, -0.25) is 9.59 Å². The Kier molecular flexibility index (Phi) is 5.85. The van der Waals surface area contributed by atoms with Crippen molar-refractivity contribution >= 4 is 46.7 Å². The zero-order valence-electron chi connectivity index (χ0n) is 13.1. The summed E-state index contributed by atoms with van der Waals surface area (Å²) < 4.78 is 4.69. The summed E-state index contributed by atoms with van der Waals surface area (Å²) in [7, 11) is 1.27. The van der Waals surface area contributed by atoms with Gasteiger partial charge >= 0.3 is 5.97 Å². The number of carbonyl (C=O) groups excluding carboxylic acids is 3. The van der Waals surface area contributed by atoms with E-state index in [9.17, 15) is 14.4 Å². The van der Waals surface area contributed by atoms with E-state index in [0.29, 0.717) is 27.0 Å². The second-order valence-corrected chi connectivity index (χ2v) is 6.18. The summed E-state index contributed by atoms with van der Waals surface area (Å²) in [4.78, 5) is 35.9. The number of allylic oxidation sites excluding steroid dienone is 1. The molecule has 1 heterocycles. The summed E-state index contributed by atoms with van der Waals surface area (Å²) in [6.07, 6.45) is 0.0823. The maximum atomic E-state index is 12.2. The predicted octanol–water partition coefficient (Wildman–Crippen LogP) is 2.91. The first-order valence-electron chi connectivity index (χ1n) is 7.15. The number of benzene rings is 1. The number of nitrogens with one attached hydrogen (secondary N) is 2. The fourth-order valence-corrected chi connectivity index (χ4v) is 2.69. The molecule has 0 aliphatic carbocycles. The third kappa shape index (κ3) is 4.27. The van der Waals surface area contributed by atoms with Crippen LogP contribution in [0.4, 0.5) is 5.69 Å². The Morgan fingerprint density at radius 2 is 2.04 bits per heavy atom. The van der Waals surface area contributed by atoms with Crippen LogP contribution in [0.3, 0.4) is 0 Å². The van der Waals surface area contributed by atoms with Gasteiger partial charge in [0.25, 0.3) is 0 Å². The minimum absolute atomic E-state index is 0.0696. The summed E-state index contributed by atoms with van der Waals surface area (Å²) in [6.45, 7) is 1.62. The van der Waals surface area contributed by atoms with Crippen LogP contribution < -0.4 is 10.6 Å². The molecule has 1 aromatic carbocycles. The number of hydrogen-bond donors (Lipinski definition) is 2. The second kappa shape index (κ2) is 7.68. The van der Waals surface area contributed by atoms with E-state index in [-0.39, 0.29) is 24.7 Å². The molecule has 24 heavy (non-hydrogen) atoms. The first kappa shape index (κ1) is 18.3. The quantitative estimate of drug-likeness (QED) is 0.798. The maximum Gasteiger partial charge on any atom is 0.335 e. The maximum absolute atomic E-state index is 12.2. The van der Waals surface area contributed by atoms with Crippen LogP contribution in [0.15, 0.2) is 29.5 Å². The van der Waals surface area contributed by atoms with E-state index in [1.54, 1.807) is 19.1 Å². The van der Waals surface area contributed by atoms with Gasteiger partial charge in [-0.05, 0) is 31.5 Å². The fraction of sp³-hybridized carbons (Fsp3) is 0.312. The molecule has 1 aliphatic heterocycles. The minimum atomic E-state index is -0.648. The summed E-state index contributed by atoms with van der Waals surface area (Å²) in [5.74, 6) is -1.82. The van der Waals surface area contributed by atoms with Crippen LogP contribution in [-0.2, 0) is 19.1 Å². The Hall–Kier alpha value is -2.05. The van der Waals surface area contributed by atoms with Gasteiger partial charge in [0.05, 0.1) is 28.6 Å². The van der Waals surface area contributed by atoms with Crippen LogP contribution in [0.2, 0.25) is 10.0 Å². The van der Waals surface area contributed by atoms with Crippen molar-refractivity contribution in [2.24, 2.45) is 5.92 Å². The summed E-state index contributed by atoms with van der Waals surface area (Å²) >= 11 is 11.7. The summed E-state index contributed by atoms with van der Waals surface area (Å²) in [5, 5.41) is 5.95. The van der Waals surface area contributed by atoms with Crippen LogP contribution in [0, 0.1) is 5.92 Å². The van der Waals surface area contributed by atoms with Crippen LogP contribution in [0.25, 0.3) is 0 Å². The van der Waals surface area contributed by atoms with E-state index >= 15 is 0 Å². The Morgan fingerprint density at radius 1 is 1.33 bits per heavy atom. The van der Waals surface area contributed by atoms with Crippen molar-refractivity contribution in [1.29, 1.82) is 0 Å². The molecule has 128 valence electrons. The standard InChI is InChI=1S/C16H16Cl2N2O4/c1-8-11(16(23)24-2)5-9(15(22)19-8)6-14(21)20-10-3-4-12(17)13(18)7-10/h3-4,7,9H,5-6H2,1-2H3,(H,19,22)(H,20,21). The van der Waals surface area contributed by atoms with E-state index in [0.717, 1.165) is 0 Å². The Bertz CT molecular complexity index is 731. The molecule has 1 unspecified atom stereocenters. The smallest absolute Gasteiger partial charge is 0.335 e. The molecule has 2 rings (SSSR count). The number of ether oxygens (including phenoxy) is 1.